The molecule has 5 nitrogen and oxygen atoms in total. The van der Waals surface area contributed by atoms with Crippen LogP contribution in [-0.2, 0) is 17.4 Å². The Kier molecular flexibility index (Phi) is 5.86. The third-order valence-electron chi connectivity index (χ3n) is 4.78. The van der Waals surface area contributed by atoms with E-state index in [1.165, 1.54) is 6.92 Å². The first-order valence-electron chi connectivity index (χ1n) is 9.23. The van der Waals surface area contributed by atoms with E-state index in [1.807, 2.05) is 25.1 Å². The Morgan fingerprint density at radius 1 is 1.07 bits per heavy atom. The molecule has 150 valence electrons. The molecule has 2 aromatic rings. The van der Waals surface area contributed by atoms with Gasteiger partial charge in [0.05, 0.1) is 0 Å². The number of rotatable bonds is 4. The van der Waals surface area contributed by atoms with E-state index in [-0.39, 0.29) is 17.5 Å². The van der Waals surface area contributed by atoms with Crippen LogP contribution in [0, 0.1) is 13.8 Å². The van der Waals surface area contributed by atoms with Crippen molar-refractivity contribution in [1.29, 1.82) is 0 Å². The van der Waals surface area contributed by atoms with E-state index >= 15 is 0 Å². The lowest BCUT2D eigenvalue weighted by molar-refractivity contribution is -0.141. The third kappa shape index (κ3) is 4.99. The number of aromatic nitrogens is 2. The molecule has 1 saturated heterocycles. The van der Waals surface area contributed by atoms with Crippen molar-refractivity contribution >= 4 is 11.7 Å². The molecule has 0 spiro atoms. The van der Waals surface area contributed by atoms with Gasteiger partial charge < -0.3 is 9.80 Å². The summed E-state index contributed by atoms with van der Waals surface area (Å²) >= 11 is 0. The average Bonchev–Trinajstić information content (AvgIpc) is 2.65. The molecule has 0 radical (unpaired) electrons. The number of nitrogens with zero attached hydrogens (tertiary/aromatic N) is 4. The third-order valence-corrected chi connectivity index (χ3v) is 4.78. The second-order valence-electron chi connectivity index (χ2n) is 7.01. The zero-order valence-corrected chi connectivity index (χ0v) is 16.0. The fraction of sp³-hybridized carbons (Fsp3) is 0.450. The lowest BCUT2D eigenvalue weighted by Crippen LogP contribution is -2.49. The maximum absolute atomic E-state index is 13.0. The highest BCUT2D eigenvalue weighted by molar-refractivity contribution is 5.76. The highest BCUT2D eigenvalue weighted by Crippen LogP contribution is 2.30. The number of carbonyl (C=O) groups excluding carboxylic acids is 1. The molecule has 0 N–H and O–H groups in total. The fourth-order valence-corrected chi connectivity index (χ4v) is 3.32. The standard InChI is InChI=1S/C20H23F3N4O/c1-14-4-3-5-16(12-14)6-7-19(28)27-10-8-26(9-11-27)18-13-17(20(21,22)23)24-15(2)25-18/h3-5,12-13H,6-11H2,1-2H3. The first-order chi connectivity index (χ1) is 13.2. The predicted octanol–water partition coefficient (Wildman–Crippen LogP) is 3.39. The minimum Gasteiger partial charge on any atom is -0.353 e. The highest BCUT2D eigenvalue weighted by Gasteiger charge is 2.34. The number of benzene rings is 1. The van der Waals surface area contributed by atoms with E-state index in [1.54, 1.807) is 9.80 Å². The molecule has 1 aromatic heterocycles. The molecule has 8 heteroatoms. The van der Waals surface area contributed by atoms with Crippen molar-refractivity contribution in [2.75, 3.05) is 31.1 Å². The summed E-state index contributed by atoms with van der Waals surface area (Å²) in [6, 6.07) is 9.05. The molecule has 1 aliphatic heterocycles. The molecule has 0 bridgehead atoms. The summed E-state index contributed by atoms with van der Waals surface area (Å²) < 4.78 is 38.9. The average molecular weight is 392 g/mol. The minimum absolute atomic E-state index is 0.0657. The predicted molar refractivity (Wildman–Crippen MR) is 100 cm³/mol. The molecular formula is C20H23F3N4O. The summed E-state index contributed by atoms with van der Waals surface area (Å²) in [5.41, 5.74) is 1.35. The Hall–Kier alpha value is -2.64. The van der Waals surface area contributed by atoms with Gasteiger partial charge in [0, 0.05) is 38.7 Å². The van der Waals surface area contributed by atoms with Crippen LogP contribution < -0.4 is 4.90 Å². The summed E-state index contributed by atoms with van der Waals surface area (Å²) in [7, 11) is 0. The Balaban J connectivity index is 1.57. The van der Waals surface area contributed by atoms with Crippen LogP contribution in [0.1, 0.15) is 29.1 Å². The van der Waals surface area contributed by atoms with Crippen molar-refractivity contribution in [3.05, 3.63) is 53.0 Å². The van der Waals surface area contributed by atoms with Gasteiger partial charge in [-0.2, -0.15) is 13.2 Å². The summed E-state index contributed by atoms with van der Waals surface area (Å²) in [6.07, 6.45) is -3.40. The molecule has 0 unspecified atom stereocenters. The number of amides is 1. The van der Waals surface area contributed by atoms with Crippen LogP contribution in [0.4, 0.5) is 19.0 Å². The van der Waals surface area contributed by atoms with Crippen LogP contribution in [-0.4, -0.2) is 47.0 Å². The Bertz CT molecular complexity index is 846. The first-order valence-corrected chi connectivity index (χ1v) is 9.23. The van der Waals surface area contributed by atoms with Crippen LogP contribution in [0.25, 0.3) is 0 Å². The van der Waals surface area contributed by atoms with E-state index in [4.69, 9.17) is 0 Å². The summed E-state index contributed by atoms with van der Waals surface area (Å²) in [6.45, 7) is 5.30. The number of halogens is 3. The van der Waals surface area contributed by atoms with Crippen LogP contribution in [0.3, 0.4) is 0 Å². The normalized spacial score (nSPS) is 15.0. The summed E-state index contributed by atoms with van der Waals surface area (Å²) in [5, 5.41) is 0. The number of alkyl halides is 3. The number of hydrogen-bond donors (Lipinski definition) is 0. The fourth-order valence-electron chi connectivity index (χ4n) is 3.32. The van der Waals surface area contributed by atoms with Gasteiger partial charge in [0.2, 0.25) is 5.91 Å². The van der Waals surface area contributed by atoms with Crippen LogP contribution in [0.2, 0.25) is 0 Å². The zero-order valence-electron chi connectivity index (χ0n) is 16.0. The molecular weight excluding hydrogens is 369 g/mol. The van der Waals surface area contributed by atoms with Crippen molar-refractivity contribution in [2.45, 2.75) is 32.9 Å². The van der Waals surface area contributed by atoms with Gasteiger partial charge in [-0.15, -0.1) is 0 Å². The highest BCUT2D eigenvalue weighted by atomic mass is 19.4. The monoisotopic (exact) mass is 392 g/mol. The van der Waals surface area contributed by atoms with E-state index in [0.29, 0.717) is 39.0 Å². The lowest BCUT2D eigenvalue weighted by Gasteiger charge is -2.35. The number of hydrogen-bond acceptors (Lipinski definition) is 4. The second-order valence-corrected chi connectivity index (χ2v) is 7.01. The first kappa shape index (κ1) is 20.1. The van der Waals surface area contributed by atoms with Crippen LogP contribution in [0.5, 0.6) is 0 Å². The molecule has 0 aliphatic carbocycles. The maximum atomic E-state index is 13.0. The minimum atomic E-state index is -4.50. The number of anilines is 1. The molecule has 0 atom stereocenters. The Morgan fingerprint density at radius 2 is 1.79 bits per heavy atom. The SMILES string of the molecule is Cc1cccc(CCC(=O)N2CCN(c3cc(C(F)(F)F)nc(C)n3)CC2)c1. The van der Waals surface area contributed by atoms with Crippen molar-refractivity contribution in [3.63, 3.8) is 0 Å². The van der Waals surface area contributed by atoms with Gasteiger partial charge in [-0.05, 0) is 25.8 Å². The molecule has 3 rings (SSSR count). The number of aryl methyl sites for hydroxylation is 3. The maximum Gasteiger partial charge on any atom is 0.433 e. The van der Waals surface area contributed by atoms with Crippen molar-refractivity contribution in [1.82, 2.24) is 14.9 Å². The van der Waals surface area contributed by atoms with Gasteiger partial charge in [0.1, 0.15) is 17.3 Å². The van der Waals surface area contributed by atoms with E-state index in [0.717, 1.165) is 17.2 Å². The van der Waals surface area contributed by atoms with Crippen LogP contribution >= 0.6 is 0 Å². The topological polar surface area (TPSA) is 49.3 Å². The molecule has 0 saturated carbocycles. The summed E-state index contributed by atoms with van der Waals surface area (Å²) in [4.78, 5) is 23.6. The molecule has 28 heavy (non-hydrogen) atoms. The van der Waals surface area contributed by atoms with E-state index in [9.17, 15) is 18.0 Å². The zero-order chi connectivity index (χ0) is 20.3. The Labute approximate surface area is 162 Å². The number of piperazine rings is 1. The van der Waals surface area contributed by atoms with Gasteiger partial charge in [-0.1, -0.05) is 29.8 Å². The molecule has 1 amide bonds. The van der Waals surface area contributed by atoms with Gasteiger partial charge in [-0.25, -0.2) is 9.97 Å². The van der Waals surface area contributed by atoms with Crippen molar-refractivity contribution in [2.24, 2.45) is 0 Å². The molecule has 2 heterocycles. The second kappa shape index (κ2) is 8.16. The Morgan fingerprint density at radius 3 is 2.43 bits per heavy atom. The van der Waals surface area contributed by atoms with Crippen molar-refractivity contribution < 1.29 is 18.0 Å². The van der Waals surface area contributed by atoms with E-state index < -0.39 is 11.9 Å². The largest absolute Gasteiger partial charge is 0.433 e. The number of carbonyl (C=O) groups is 1. The summed E-state index contributed by atoms with van der Waals surface area (Å²) in [5.74, 6) is 0.407. The quantitative estimate of drug-likeness (QED) is 0.800. The van der Waals surface area contributed by atoms with Crippen LogP contribution in [0.15, 0.2) is 30.3 Å². The van der Waals surface area contributed by atoms with Gasteiger partial charge in [-0.3, -0.25) is 4.79 Å². The lowest BCUT2D eigenvalue weighted by atomic mass is 10.1. The van der Waals surface area contributed by atoms with Gasteiger partial charge in [0.25, 0.3) is 0 Å². The molecule has 1 aromatic carbocycles. The van der Waals surface area contributed by atoms with Crippen molar-refractivity contribution in [3.8, 4) is 0 Å². The van der Waals surface area contributed by atoms with E-state index in [2.05, 4.69) is 16.0 Å². The van der Waals surface area contributed by atoms with Gasteiger partial charge in [0.15, 0.2) is 0 Å². The van der Waals surface area contributed by atoms with Gasteiger partial charge >= 0.3 is 6.18 Å². The molecule has 1 aliphatic rings. The molecule has 1 fully saturated rings. The smallest absolute Gasteiger partial charge is 0.353 e.